The summed E-state index contributed by atoms with van der Waals surface area (Å²) in [5.41, 5.74) is 0.761. The molecule has 1 N–H and O–H groups in total. The third kappa shape index (κ3) is 5.13. The smallest absolute Gasteiger partial charge is 0.341 e. The number of hydrogen-bond donors (Lipinski definition) is 1. The molecule has 1 fully saturated rings. The Morgan fingerprint density at radius 3 is 2.31 bits per heavy atom. The standard InChI is InChI=1S/C23H28F5N5OS/c1-13-10-15(14(2)31-35(34)21(3,4)5)18-16(11-13)19-29-17(23(26,27)28)12-33(19)20(30-18)32-8-6-22(24,25)7-9-32/h10-12,14,31H,6-9H2,1-5H3/t14-,35-/m1/s1. The molecule has 0 radical (unpaired) electrons. The van der Waals surface area contributed by atoms with Crippen molar-refractivity contribution >= 4 is 33.5 Å². The molecule has 4 rings (SSSR count). The highest BCUT2D eigenvalue weighted by atomic mass is 32.2. The van der Waals surface area contributed by atoms with Gasteiger partial charge < -0.3 is 4.90 Å². The zero-order valence-electron chi connectivity index (χ0n) is 20.1. The van der Waals surface area contributed by atoms with Gasteiger partial charge in [0.2, 0.25) is 5.95 Å². The van der Waals surface area contributed by atoms with E-state index in [2.05, 4.69) is 9.71 Å². The minimum absolute atomic E-state index is 0.0451. The van der Waals surface area contributed by atoms with Crippen LogP contribution in [-0.2, 0) is 17.2 Å². The fourth-order valence-corrected chi connectivity index (χ4v) is 4.90. The van der Waals surface area contributed by atoms with Crippen molar-refractivity contribution in [3.8, 4) is 0 Å². The monoisotopic (exact) mass is 517 g/mol. The summed E-state index contributed by atoms with van der Waals surface area (Å²) < 4.78 is 84.9. The highest BCUT2D eigenvalue weighted by Crippen LogP contribution is 2.36. The van der Waals surface area contributed by atoms with E-state index in [4.69, 9.17) is 4.98 Å². The van der Waals surface area contributed by atoms with E-state index in [9.17, 15) is 26.2 Å². The van der Waals surface area contributed by atoms with Crippen molar-refractivity contribution in [3.63, 3.8) is 0 Å². The molecule has 0 bridgehead atoms. The zero-order chi connectivity index (χ0) is 25.9. The van der Waals surface area contributed by atoms with Crippen LogP contribution in [0.25, 0.3) is 16.6 Å². The summed E-state index contributed by atoms with van der Waals surface area (Å²) in [7, 11) is -1.41. The van der Waals surface area contributed by atoms with E-state index in [0.29, 0.717) is 16.5 Å². The molecule has 0 amide bonds. The lowest BCUT2D eigenvalue weighted by Crippen LogP contribution is -2.40. The summed E-state index contributed by atoms with van der Waals surface area (Å²) in [5, 5.41) is 0.400. The summed E-state index contributed by atoms with van der Waals surface area (Å²) in [6, 6.07) is 3.09. The number of anilines is 1. The van der Waals surface area contributed by atoms with Gasteiger partial charge in [-0.1, -0.05) is 6.07 Å². The fraction of sp³-hybridized carbons (Fsp3) is 0.565. The Balaban J connectivity index is 1.94. The molecule has 0 saturated carbocycles. The first-order valence-electron chi connectivity index (χ1n) is 11.3. The molecular weight excluding hydrogens is 489 g/mol. The van der Waals surface area contributed by atoms with E-state index >= 15 is 0 Å². The van der Waals surface area contributed by atoms with E-state index in [1.165, 1.54) is 4.40 Å². The van der Waals surface area contributed by atoms with Gasteiger partial charge in [0.15, 0.2) is 5.69 Å². The Bertz CT molecular complexity index is 1290. The Morgan fingerprint density at radius 2 is 1.74 bits per heavy atom. The lowest BCUT2D eigenvalue weighted by atomic mass is 10.0. The van der Waals surface area contributed by atoms with Gasteiger partial charge >= 0.3 is 6.18 Å². The summed E-state index contributed by atoms with van der Waals surface area (Å²) in [5.74, 6) is -2.70. The Morgan fingerprint density at radius 1 is 1.11 bits per heavy atom. The Hall–Kier alpha value is -2.34. The number of aromatic nitrogens is 3. The number of fused-ring (bicyclic) bond motifs is 3. The number of imidazole rings is 1. The van der Waals surface area contributed by atoms with Crippen molar-refractivity contribution in [2.24, 2.45) is 0 Å². The molecule has 1 aromatic carbocycles. The summed E-state index contributed by atoms with van der Waals surface area (Å²) in [6.45, 7) is 8.98. The van der Waals surface area contributed by atoms with Crippen LogP contribution in [-0.4, -0.2) is 42.3 Å². The Labute approximate surface area is 202 Å². The molecule has 6 nitrogen and oxygen atoms in total. The second-order valence-corrected chi connectivity index (χ2v) is 12.0. The largest absolute Gasteiger partial charge is 0.434 e. The first-order chi connectivity index (χ1) is 16.1. The van der Waals surface area contributed by atoms with Crippen LogP contribution in [0, 0.1) is 6.92 Å². The minimum atomic E-state index is -4.68. The number of benzene rings is 1. The van der Waals surface area contributed by atoms with Crippen LogP contribution in [0.3, 0.4) is 0 Å². The predicted octanol–water partition coefficient (Wildman–Crippen LogP) is 5.56. The number of nitrogens with zero attached hydrogens (tertiary/aromatic N) is 4. The lowest BCUT2D eigenvalue weighted by molar-refractivity contribution is -0.140. The molecule has 35 heavy (non-hydrogen) atoms. The number of halogens is 5. The van der Waals surface area contributed by atoms with Crippen LogP contribution < -0.4 is 9.62 Å². The number of hydrogen-bond acceptors (Lipinski definition) is 4. The lowest BCUT2D eigenvalue weighted by Gasteiger charge is -2.33. The fourth-order valence-electron chi connectivity index (χ4n) is 4.10. The predicted molar refractivity (Wildman–Crippen MR) is 126 cm³/mol. The number of alkyl halides is 5. The molecule has 0 aliphatic carbocycles. The van der Waals surface area contributed by atoms with Crippen LogP contribution in [0.1, 0.15) is 63.4 Å². The van der Waals surface area contributed by atoms with E-state index in [0.717, 1.165) is 11.8 Å². The number of rotatable bonds is 4. The van der Waals surface area contributed by atoms with Crippen molar-refractivity contribution in [1.82, 2.24) is 19.1 Å². The highest BCUT2D eigenvalue weighted by Gasteiger charge is 2.38. The van der Waals surface area contributed by atoms with Gasteiger partial charge in [0.25, 0.3) is 5.92 Å². The molecule has 3 aromatic rings. The van der Waals surface area contributed by atoms with Crippen LogP contribution >= 0.6 is 0 Å². The topological polar surface area (TPSA) is 62.5 Å². The maximum atomic E-state index is 13.8. The van der Waals surface area contributed by atoms with Crippen molar-refractivity contribution in [2.45, 2.75) is 70.3 Å². The molecule has 1 aliphatic heterocycles. The van der Waals surface area contributed by atoms with Gasteiger partial charge in [-0.3, -0.25) is 4.40 Å². The number of aryl methyl sites for hydroxylation is 1. The molecule has 1 aliphatic rings. The summed E-state index contributed by atoms with van der Waals surface area (Å²) >= 11 is 0. The van der Waals surface area contributed by atoms with E-state index in [1.54, 1.807) is 24.8 Å². The molecule has 0 unspecified atom stereocenters. The van der Waals surface area contributed by atoms with Gasteiger partial charge in [-0.25, -0.2) is 27.7 Å². The van der Waals surface area contributed by atoms with Crippen molar-refractivity contribution < 1.29 is 26.2 Å². The molecule has 192 valence electrons. The molecule has 2 atom stereocenters. The van der Waals surface area contributed by atoms with E-state index in [-0.39, 0.29) is 24.7 Å². The maximum Gasteiger partial charge on any atom is 0.434 e. The van der Waals surface area contributed by atoms with Gasteiger partial charge in [-0.05, 0) is 51.8 Å². The second-order valence-electron chi connectivity index (χ2n) is 10.0. The number of nitrogens with one attached hydrogen (secondary N) is 1. The Kier molecular flexibility index (Phi) is 6.36. The normalized spacial score (nSPS) is 18.9. The molecule has 3 heterocycles. The van der Waals surface area contributed by atoms with Crippen LogP contribution in [0.15, 0.2) is 18.3 Å². The first-order valence-corrected chi connectivity index (χ1v) is 12.4. The van der Waals surface area contributed by atoms with Crippen LogP contribution in [0.4, 0.5) is 27.9 Å². The van der Waals surface area contributed by atoms with Gasteiger partial charge in [-0.15, -0.1) is 0 Å². The maximum absolute atomic E-state index is 13.8. The SMILES string of the molecule is Cc1cc([C@@H](C)N[S@](=O)C(C)(C)C)c2nc(N3CCC(F)(F)CC3)n3cc(C(F)(F)F)nc3c2c1. The van der Waals surface area contributed by atoms with Crippen molar-refractivity contribution in [3.05, 3.63) is 35.2 Å². The average Bonchev–Trinajstić information content (AvgIpc) is 3.18. The van der Waals surface area contributed by atoms with E-state index < -0.39 is 52.4 Å². The quantitative estimate of drug-likeness (QED) is 0.461. The molecule has 12 heteroatoms. The number of piperidine rings is 1. The molecule has 0 spiro atoms. The van der Waals surface area contributed by atoms with Gasteiger partial charge in [0, 0.05) is 43.6 Å². The van der Waals surface area contributed by atoms with Crippen LogP contribution in [0.5, 0.6) is 0 Å². The van der Waals surface area contributed by atoms with Gasteiger partial charge in [0.05, 0.1) is 21.2 Å². The third-order valence-corrected chi connectivity index (χ3v) is 7.71. The van der Waals surface area contributed by atoms with Gasteiger partial charge in [0.1, 0.15) is 5.65 Å². The van der Waals surface area contributed by atoms with Crippen molar-refractivity contribution in [2.75, 3.05) is 18.0 Å². The van der Waals surface area contributed by atoms with Gasteiger partial charge in [-0.2, -0.15) is 13.2 Å². The second kappa shape index (κ2) is 8.65. The molecular formula is C23H28F5N5OS. The van der Waals surface area contributed by atoms with E-state index in [1.807, 2.05) is 26.8 Å². The minimum Gasteiger partial charge on any atom is -0.341 e. The van der Waals surface area contributed by atoms with Crippen LogP contribution in [0.2, 0.25) is 0 Å². The zero-order valence-corrected chi connectivity index (χ0v) is 20.9. The third-order valence-electron chi connectivity index (χ3n) is 6.03. The molecule has 2 aromatic heterocycles. The summed E-state index contributed by atoms with van der Waals surface area (Å²) in [6.07, 6.45) is -4.66. The van der Waals surface area contributed by atoms with Crippen molar-refractivity contribution in [1.29, 1.82) is 0 Å². The average molecular weight is 518 g/mol. The highest BCUT2D eigenvalue weighted by molar-refractivity contribution is 7.84. The molecule has 1 saturated heterocycles. The summed E-state index contributed by atoms with van der Waals surface area (Å²) in [4.78, 5) is 10.2. The first kappa shape index (κ1) is 25.7.